The van der Waals surface area contributed by atoms with Crippen LogP contribution in [-0.4, -0.2) is 29.3 Å². The van der Waals surface area contributed by atoms with E-state index in [4.69, 9.17) is 9.97 Å². The Morgan fingerprint density at radius 2 is 1.67 bits per heavy atom. The van der Waals surface area contributed by atoms with E-state index in [9.17, 15) is 0 Å². The molecule has 0 saturated heterocycles. The molecule has 0 radical (unpaired) electrons. The van der Waals surface area contributed by atoms with Gasteiger partial charge in [-0.2, -0.15) is 11.8 Å². The third kappa shape index (κ3) is 4.25. The Balaban J connectivity index is 3.00. The second kappa shape index (κ2) is 8.48. The monoisotopic (exact) mass is 267 g/mol. The number of hydrogen-bond donors (Lipinski definition) is 1. The first kappa shape index (κ1) is 15.4. The molecule has 0 atom stereocenters. The van der Waals surface area contributed by atoms with Gasteiger partial charge in [0.1, 0.15) is 5.82 Å². The average molecular weight is 267 g/mol. The molecule has 3 nitrogen and oxygen atoms in total. The SMILES string of the molecule is CCSCc1nc(CC)c(CCNC)c(CC)n1. The normalized spacial score (nSPS) is 10.9. The Labute approximate surface area is 115 Å². The summed E-state index contributed by atoms with van der Waals surface area (Å²) in [6.45, 7) is 7.53. The van der Waals surface area contributed by atoms with Gasteiger partial charge in [0.05, 0.1) is 5.75 Å². The number of nitrogens with one attached hydrogen (secondary N) is 1. The van der Waals surface area contributed by atoms with Crippen molar-refractivity contribution in [2.45, 2.75) is 45.8 Å². The molecule has 0 unspecified atom stereocenters. The Morgan fingerprint density at radius 3 is 2.11 bits per heavy atom. The predicted molar refractivity (Wildman–Crippen MR) is 80.3 cm³/mol. The van der Waals surface area contributed by atoms with Crippen molar-refractivity contribution in [1.82, 2.24) is 15.3 Å². The summed E-state index contributed by atoms with van der Waals surface area (Å²) in [6, 6.07) is 0. The minimum absolute atomic E-state index is 0.933. The number of aryl methyl sites for hydroxylation is 2. The van der Waals surface area contributed by atoms with E-state index in [0.717, 1.165) is 43.1 Å². The van der Waals surface area contributed by atoms with Crippen LogP contribution in [0.2, 0.25) is 0 Å². The minimum Gasteiger partial charge on any atom is -0.319 e. The summed E-state index contributed by atoms with van der Waals surface area (Å²) < 4.78 is 0. The first-order chi connectivity index (χ1) is 8.76. The summed E-state index contributed by atoms with van der Waals surface area (Å²) >= 11 is 1.89. The molecule has 0 fully saturated rings. The predicted octanol–water partition coefficient (Wildman–Crippen LogP) is 2.62. The maximum Gasteiger partial charge on any atom is 0.138 e. The standard InChI is InChI=1S/C14H25N3S/c1-5-12-11(8-9-15-4)13(6-2)17-14(16-12)10-18-7-3/h15H,5-10H2,1-4H3. The first-order valence-electron chi connectivity index (χ1n) is 6.86. The van der Waals surface area contributed by atoms with Crippen LogP contribution in [-0.2, 0) is 25.0 Å². The number of rotatable bonds is 8. The minimum atomic E-state index is 0.933. The van der Waals surface area contributed by atoms with E-state index < -0.39 is 0 Å². The van der Waals surface area contributed by atoms with Crippen LogP contribution in [0, 0.1) is 0 Å². The molecule has 1 rings (SSSR count). The Bertz CT molecular complexity index is 341. The molecule has 1 aromatic heterocycles. The van der Waals surface area contributed by atoms with E-state index in [-0.39, 0.29) is 0 Å². The largest absolute Gasteiger partial charge is 0.319 e. The van der Waals surface area contributed by atoms with Crippen LogP contribution < -0.4 is 5.32 Å². The molecule has 0 aliphatic carbocycles. The smallest absolute Gasteiger partial charge is 0.138 e. The number of likely N-dealkylation sites (N-methyl/N-ethyl adjacent to an activating group) is 1. The van der Waals surface area contributed by atoms with E-state index in [0.29, 0.717) is 0 Å². The molecule has 0 bridgehead atoms. The summed E-state index contributed by atoms with van der Waals surface area (Å²) in [5.74, 6) is 3.06. The quantitative estimate of drug-likeness (QED) is 0.786. The van der Waals surface area contributed by atoms with Crippen LogP contribution >= 0.6 is 11.8 Å². The summed E-state index contributed by atoms with van der Waals surface area (Å²) in [6.07, 6.45) is 3.03. The fraction of sp³-hybridized carbons (Fsp3) is 0.714. The van der Waals surface area contributed by atoms with Crippen molar-refractivity contribution in [3.05, 3.63) is 22.8 Å². The molecular formula is C14H25N3S. The fourth-order valence-electron chi connectivity index (χ4n) is 2.02. The first-order valence-corrected chi connectivity index (χ1v) is 8.02. The van der Waals surface area contributed by atoms with Gasteiger partial charge in [0, 0.05) is 11.4 Å². The third-order valence-electron chi connectivity index (χ3n) is 2.95. The van der Waals surface area contributed by atoms with Gasteiger partial charge in [-0.25, -0.2) is 9.97 Å². The van der Waals surface area contributed by atoms with Crippen molar-refractivity contribution in [2.24, 2.45) is 0 Å². The number of nitrogens with zero attached hydrogens (tertiary/aromatic N) is 2. The Hall–Kier alpha value is -0.610. The summed E-state index contributed by atoms with van der Waals surface area (Å²) in [5, 5.41) is 3.21. The molecule has 0 aliphatic heterocycles. The van der Waals surface area contributed by atoms with E-state index in [1.165, 1.54) is 17.0 Å². The zero-order chi connectivity index (χ0) is 13.4. The lowest BCUT2D eigenvalue weighted by Crippen LogP contribution is -2.16. The zero-order valence-electron chi connectivity index (χ0n) is 12.0. The van der Waals surface area contributed by atoms with E-state index >= 15 is 0 Å². The molecule has 0 saturated carbocycles. The van der Waals surface area contributed by atoms with Crippen molar-refractivity contribution >= 4 is 11.8 Å². The van der Waals surface area contributed by atoms with Crippen molar-refractivity contribution in [2.75, 3.05) is 19.3 Å². The Morgan fingerprint density at radius 1 is 1.06 bits per heavy atom. The van der Waals surface area contributed by atoms with Gasteiger partial charge in [-0.1, -0.05) is 20.8 Å². The molecule has 18 heavy (non-hydrogen) atoms. The lowest BCUT2D eigenvalue weighted by Gasteiger charge is -2.13. The van der Waals surface area contributed by atoms with Crippen molar-refractivity contribution in [3.63, 3.8) is 0 Å². The van der Waals surface area contributed by atoms with Crippen LogP contribution in [0.15, 0.2) is 0 Å². The molecule has 4 heteroatoms. The van der Waals surface area contributed by atoms with Gasteiger partial charge in [-0.15, -0.1) is 0 Å². The molecule has 1 N–H and O–H groups in total. The van der Waals surface area contributed by atoms with Crippen molar-refractivity contribution < 1.29 is 0 Å². The molecule has 0 spiro atoms. The van der Waals surface area contributed by atoms with Gasteiger partial charge in [0.15, 0.2) is 0 Å². The molecule has 0 aliphatic rings. The fourth-order valence-corrected chi connectivity index (χ4v) is 2.54. The van der Waals surface area contributed by atoms with Crippen LogP contribution in [0.3, 0.4) is 0 Å². The van der Waals surface area contributed by atoms with Crippen LogP contribution in [0.25, 0.3) is 0 Å². The molecule has 1 heterocycles. The van der Waals surface area contributed by atoms with Crippen LogP contribution in [0.5, 0.6) is 0 Å². The maximum absolute atomic E-state index is 4.73. The third-order valence-corrected chi connectivity index (χ3v) is 3.83. The van der Waals surface area contributed by atoms with Crippen LogP contribution in [0.1, 0.15) is 43.5 Å². The van der Waals surface area contributed by atoms with Gasteiger partial charge >= 0.3 is 0 Å². The average Bonchev–Trinajstić information content (AvgIpc) is 2.42. The molecule has 1 aromatic rings. The van der Waals surface area contributed by atoms with Gasteiger partial charge in [-0.05, 0) is 44.2 Å². The molecular weight excluding hydrogens is 242 g/mol. The number of thioether (sulfide) groups is 1. The Kier molecular flexibility index (Phi) is 7.28. The maximum atomic E-state index is 4.73. The van der Waals surface area contributed by atoms with E-state index in [1.807, 2.05) is 18.8 Å². The number of aromatic nitrogens is 2. The van der Waals surface area contributed by atoms with Gasteiger partial charge in [-0.3, -0.25) is 0 Å². The summed E-state index contributed by atoms with van der Waals surface area (Å²) in [5.41, 5.74) is 3.84. The molecule has 0 aromatic carbocycles. The van der Waals surface area contributed by atoms with E-state index in [1.54, 1.807) is 0 Å². The highest BCUT2D eigenvalue weighted by atomic mass is 32.2. The molecule has 0 amide bonds. The van der Waals surface area contributed by atoms with Crippen molar-refractivity contribution in [1.29, 1.82) is 0 Å². The highest BCUT2D eigenvalue weighted by molar-refractivity contribution is 7.98. The van der Waals surface area contributed by atoms with Gasteiger partial charge < -0.3 is 5.32 Å². The number of hydrogen-bond acceptors (Lipinski definition) is 4. The molecule has 102 valence electrons. The second-order valence-electron chi connectivity index (χ2n) is 4.21. The van der Waals surface area contributed by atoms with E-state index in [2.05, 4.69) is 26.1 Å². The van der Waals surface area contributed by atoms with Gasteiger partial charge in [0.2, 0.25) is 0 Å². The van der Waals surface area contributed by atoms with Gasteiger partial charge in [0.25, 0.3) is 0 Å². The lowest BCUT2D eigenvalue weighted by atomic mass is 10.0. The topological polar surface area (TPSA) is 37.8 Å². The zero-order valence-corrected chi connectivity index (χ0v) is 12.9. The lowest BCUT2D eigenvalue weighted by molar-refractivity contribution is 0.751. The van der Waals surface area contributed by atoms with Crippen molar-refractivity contribution in [3.8, 4) is 0 Å². The summed E-state index contributed by atoms with van der Waals surface area (Å²) in [4.78, 5) is 9.46. The summed E-state index contributed by atoms with van der Waals surface area (Å²) in [7, 11) is 1.99. The van der Waals surface area contributed by atoms with Crippen LogP contribution in [0.4, 0.5) is 0 Å². The highest BCUT2D eigenvalue weighted by Gasteiger charge is 2.11. The second-order valence-corrected chi connectivity index (χ2v) is 5.48. The highest BCUT2D eigenvalue weighted by Crippen LogP contribution is 2.17.